The lowest BCUT2D eigenvalue weighted by Crippen LogP contribution is -2.32. The molecule has 82 valence electrons. The normalized spacial score (nSPS) is 8.81. The van der Waals surface area contributed by atoms with E-state index in [4.69, 9.17) is 0 Å². The predicted octanol–water partition coefficient (Wildman–Crippen LogP) is 1.57. The standard InChI is InChI=1S/C10H9N3O3/c1-7-2-4-8(5-3-7)12-10(16)13-9(15)11-6-14/h2-5H,1H3,(H2,12,13,15,16). The number of urea groups is 2. The van der Waals surface area contributed by atoms with Gasteiger partial charge in [-0.25, -0.2) is 14.4 Å². The number of benzene rings is 1. The zero-order chi connectivity index (χ0) is 12.0. The number of imide groups is 1. The molecule has 0 saturated carbocycles. The molecule has 0 atom stereocenters. The van der Waals surface area contributed by atoms with Gasteiger partial charge in [0, 0.05) is 5.69 Å². The van der Waals surface area contributed by atoms with E-state index < -0.39 is 12.1 Å². The largest absolute Gasteiger partial charge is 0.359 e. The van der Waals surface area contributed by atoms with Crippen LogP contribution in [0, 0.1) is 6.92 Å². The Morgan fingerprint density at radius 3 is 2.44 bits per heavy atom. The molecule has 16 heavy (non-hydrogen) atoms. The average Bonchev–Trinajstić information content (AvgIpc) is 2.21. The van der Waals surface area contributed by atoms with Crippen molar-refractivity contribution in [2.75, 3.05) is 5.32 Å². The molecule has 2 N–H and O–H groups in total. The molecule has 0 saturated heterocycles. The molecule has 0 aliphatic carbocycles. The number of nitrogens with zero attached hydrogens (tertiary/aromatic N) is 1. The van der Waals surface area contributed by atoms with Crippen LogP contribution in [0.1, 0.15) is 5.56 Å². The number of amides is 4. The summed E-state index contributed by atoms with van der Waals surface area (Å²) in [5.74, 6) is 0. The summed E-state index contributed by atoms with van der Waals surface area (Å²) in [5.41, 5.74) is 1.58. The van der Waals surface area contributed by atoms with Crippen molar-refractivity contribution in [3.05, 3.63) is 29.8 Å². The minimum Gasteiger partial charge on any atom is -0.308 e. The second kappa shape index (κ2) is 5.43. The molecule has 1 aromatic rings. The molecule has 1 aromatic carbocycles. The minimum absolute atomic E-state index is 0.533. The van der Waals surface area contributed by atoms with Crippen LogP contribution in [-0.2, 0) is 4.79 Å². The highest BCUT2D eigenvalue weighted by Crippen LogP contribution is 2.07. The maximum atomic E-state index is 11.1. The highest BCUT2D eigenvalue weighted by Gasteiger charge is 2.05. The van der Waals surface area contributed by atoms with Crippen molar-refractivity contribution in [1.82, 2.24) is 5.32 Å². The van der Waals surface area contributed by atoms with Gasteiger partial charge in [-0.15, -0.1) is 4.99 Å². The molecule has 0 heterocycles. The molecular formula is C10H9N3O3. The molecule has 1 rings (SSSR count). The van der Waals surface area contributed by atoms with Crippen LogP contribution in [0.5, 0.6) is 0 Å². The number of carbonyl (C=O) groups is 2. The van der Waals surface area contributed by atoms with Crippen molar-refractivity contribution in [2.45, 2.75) is 6.92 Å². The lowest BCUT2D eigenvalue weighted by molar-refractivity contribution is 0.238. The van der Waals surface area contributed by atoms with E-state index in [0.717, 1.165) is 11.6 Å². The number of nitrogens with one attached hydrogen (secondary N) is 2. The summed E-state index contributed by atoms with van der Waals surface area (Å²) in [6.07, 6.45) is 1.03. The van der Waals surface area contributed by atoms with Crippen molar-refractivity contribution in [3.8, 4) is 0 Å². The highest BCUT2D eigenvalue weighted by molar-refractivity contribution is 6.01. The van der Waals surface area contributed by atoms with Gasteiger partial charge in [0.1, 0.15) is 0 Å². The summed E-state index contributed by atoms with van der Waals surface area (Å²) in [7, 11) is 0. The number of anilines is 1. The van der Waals surface area contributed by atoms with Gasteiger partial charge in [0.05, 0.1) is 0 Å². The van der Waals surface area contributed by atoms with E-state index >= 15 is 0 Å². The zero-order valence-electron chi connectivity index (χ0n) is 8.48. The molecule has 6 heteroatoms. The van der Waals surface area contributed by atoms with Crippen LogP contribution in [-0.4, -0.2) is 18.1 Å². The fourth-order valence-corrected chi connectivity index (χ4v) is 0.966. The number of isocyanates is 1. The lowest BCUT2D eigenvalue weighted by atomic mass is 10.2. The Kier molecular flexibility index (Phi) is 3.94. The summed E-state index contributed by atoms with van der Waals surface area (Å²) in [6, 6.07) is 5.17. The zero-order valence-corrected chi connectivity index (χ0v) is 8.48. The second-order valence-corrected chi connectivity index (χ2v) is 2.95. The summed E-state index contributed by atoms with van der Waals surface area (Å²) in [6.45, 7) is 1.91. The molecule has 0 bridgehead atoms. The van der Waals surface area contributed by atoms with E-state index in [1.165, 1.54) is 0 Å². The Balaban J connectivity index is 2.55. The van der Waals surface area contributed by atoms with Gasteiger partial charge in [-0.2, -0.15) is 0 Å². The van der Waals surface area contributed by atoms with Crippen LogP contribution in [0.25, 0.3) is 0 Å². The van der Waals surface area contributed by atoms with Crippen molar-refractivity contribution in [1.29, 1.82) is 0 Å². The third-order valence-corrected chi connectivity index (χ3v) is 1.68. The first kappa shape index (κ1) is 11.6. The van der Waals surface area contributed by atoms with Crippen molar-refractivity contribution in [3.63, 3.8) is 0 Å². The number of aliphatic imine (C=N–C) groups is 1. The predicted molar refractivity (Wildman–Crippen MR) is 56.9 cm³/mol. The third kappa shape index (κ3) is 3.73. The summed E-state index contributed by atoms with van der Waals surface area (Å²) in [5, 5.41) is 4.22. The van der Waals surface area contributed by atoms with Gasteiger partial charge in [0.2, 0.25) is 6.08 Å². The van der Waals surface area contributed by atoms with E-state index in [1.807, 2.05) is 12.2 Å². The van der Waals surface area contributed by atoms with E-state index in [9.17, 15) is 14.4 Å². The maximum absolute atomic E-state index is 11.1. The number of carbonyl (C=O) groups excluding carboxylic acids is 3. The average molecular weight is 219 g/mol. The van der Waals surface area contributed by atoms with Crippen molar-refractivity contribution in [2.24, 2.45) is 4.99 Å². The molecule has 0 aliphatic rings. The number of rotatable bonds is 1. The van der Waals surface area contributed by atoms with Gasteiger partial charge in [0.15, 0.2) is 0 Å². The first-order valence-electron chi connectivity index (χ1n) is 4.38. The molecule has 0 aromatic heterocycles. The first-order valence-corrected chi connectivity index (χ1v) is 4.38. The molecule has 0 fully saturated rings. The van der Waals surface area contributed by atoms with E-state index in [-0.39, 0.29) is 0 Å². The Labute approximate surface area is 91.4 Å². The van der Waals surface area contributed by atoms with Gasteiger partial charge in [-0.3, -0.25) is 5.32 Å². The smallest absolute Gasteiger partial charge is 0.308 e. The third-order valence-electron chi connectivity index (χ3n) is 1.68. The lowest BCUT2D eigenvalue weighted by Gasteiger charge is -2.04. The fraction of sp³-hybridized carbons (Fsp3) is 0.100. The van der Waals surface area contributed by atoms with Gasteiger partial charge in [0.25, 0.3) is 0 Å². The Hall–Kier alpha value is -2.46. The fourth-order valence-electron chi connectivity index (χ4n) is 0.966. The second-order valence-electron chi connectivity index (χ2n) is 2.95. The number of hydrogen-bond donors (Lipinski definition) is 2. The van der Waals surface area contributed by atoms with Crippen LogP contribution >= 0.6 is 0 Å². The van der Waals surface area contributed by atoms with E-state index in [2.05, 4.69) is 10.3 Å². The molecule has 0 aliphatic heterocycles. The number of hydrogen-bond acceptors (Lipinski definition) is 3. The Morgan fingerprint density at radius 1 is 1.25 bits per heavy atom. The molecule has 6 nitrogen and oxygen atoms in total. The van der Waals surface area contributed by atoms with Crippen molar-refractivity contribution < 1.29 is 14.4 Å². The van der Waals surface area contributed by atoms with E-state index in [0.29, 0.717) is 5.69 Å². The maximum Gasteiger partial charge on any atom is 0.359 e. The topological polar surface area (TPSA) is 87.6 Å². The Morgan fingerprint density at radius 2 is 1.88 bits per heavy atom. The van der Waals surface area contributed by atoms with Gasteiger partial charge < -0.3 is 5.32 Å². The van der Waals surface area contributed by atoms with Gasteiger partial charge in [-0.05, 0) is 19.1 Å². The molecule has 0 spiro atoms. The monoisotopic (exact) mass is 219 g/mol. The van der Waals surface area contributed by atoms with Crippen LogP contribution in [0.2, 0.25) is 0 Å². The number of aryl methyl sites for hydroxylation is 1. The molecule has 0 unspecified atom stereocenters. The SMILES string of the molecule is Cc1ccc(NC(=O)NC(=O)N=C=O)cc1. The quantitative estimate of drug-likeness (QED) is 0.555. The van der Waals surface area contributed by atoms with Crippen LogP contribution in [0.3, 0.4) is 0 Å². The summed E-state index contributed by atoms with van der Waals surface area (Å²) < 4.78 is 0. The summed E-state index contributed by atoms with van der Waals surface area (Å²) in [4.78, 5) is 34.3. The highest BCUT2D eigenvalue weighted by atomic mass is 16.2. The summed E-state index contributed by atoms with van der Waals surface area (Å²) >= 11 is 0. The van der Waals surface area contributed by atoms with Crippen LogP contribution in [0.4, 0.5) is 15.3 Å². The first-order chi connectivity index (χ1) is 7.61. The van der Waals surface area contributed by atoms with Crippen molar-refractivity contribution >= 4 is 23.8 Å². The van der Waals surface area contributed by atoms with Gasteiger partial charge in [-0.1, -0.05) is 17.7 Å². The van der Waals surface area contributed by atoms with Gasteiger partial charge >= 0.3 is 12.1 Å². The van der Waals surface area contributed by atoms with Crippen LogP contribution < -0.4 is 10.6 Å². The van der Waals surface area contributed by atoms with E-state index in [1.54, 1.807) is 24.3 Å². The Bertz CT molecular complexity index is 447. The minimum atomic E-state index is -1.06. The molecule has 0 radical (unpaired) electrons. The molecular weight excluding hydrogens is 210 g/mol. The van der Waals surface area contributed by atoms with Crippen LogP contribution in [0.15, 0.2) is 29.3 Å². The molecule has 4 amide bonds.